The maximum Gasteiger partial charge on any atom is 0.243 e. The molecule has 4 heteroatoms. The van der Waals surface area contributed by atoms with Gasteiger partial charge >= 0.3 is 0 Å². The smallest absolute Gasteiger partial charge is 0.243 e. The van der Waals surface area contributed by atoms with E-state index in [2.05, 4.69) is 36.4 Å². The van der Waals surface area contributed by atoms with Crippen LogP contribution in [0.15, 0.2) is 30.1 Å². The number of hydrogen-bond acceptors (Lipinski definition) is 3. The van der Waals surface area contributed by atoms with Crippen LogP contribution in [-0.4, -0.2) is 24.5 Å². The molecule has 0 aromatic carbocycles. The summed E-state index contributed by atoms with van der Waals surface area (Å²) in [5.74, 6) is 3.86. The van der Waals surface area contributed by atoms with Crippen LogP contribution in [0, 0.1) is 28.6 Å². The summed E-state index contributed by atoms with van der Waals surface area (Å²) in [6.07, 6.45) is 14.4. The molecule has 2 heterocycles. The first kappa shape index (κ1) is 19.1. The van der Waals surface area contributed by atoms with Crippen LogP contribution in [0.4, 0.5) is 0 Å². The van der Waals surface area contributed by atoms with E-state index in [1.165, 1.54) is 43.2 Å². The molecule has 4 aliphatic rings. The van der Waals surface area contributed by atoms with Crippen LogP contribution in [-0.2, 0) is 4.79 Å². The summed E-state index contributed by atoms with van der Waals surface area (Å²) in [6, 6.07) is 2.21. The normalized spacial score (nSPS) is 41.3. The molecule has 1 amide bonds. The maximum absolute atomic E-state index is 12.1. The highest BCUT2D eigenvalue weighted by Gasteiger charge is 2.58. The Hall–Kier alpha value is -1.84. The van der Waals surface area contributed by atoms with Crippen LogP contribution in [0.1, 0.15) is 70.3 Å². The predicted molar refractivity (Wildman–Crippen MR) is 114 cm³/mol. The number of hydrogen-bond donors (Lipinski definition) is 1. The molecule has 5 rings (SSSR count). The van der Waals surface area contributed by atoms with Crippen molar-refractivity contribution >= 4 is 5.91 Å². The highest BCUT2D eigenvalue weighted by molar-refractivity contribution is 5.88. The summed E-state index contributed by atoms with van der Waals surface area (Å²) in [6.45, 7) is 5.83. The Morgan fingerprint density at radius 1 is 1.10 bits per heavy atom. The second-order valence-electron chi connectivity index (χ2n) is 10.4. The van der Waals surface area contributed by atoms with Gasteiger partial charge in [-0.05, 0) is 91.1 Å². The predicted octanol–water partition coefficient (Wildman–Crippen LogP) is 4.86. The third kappa shape index (κ3) is 2.85. The molecule has 0 saturated heterocycles. The van der Waals surface area contributed by atoms with Crippen molar-refractivity contribution in [1.29, 1.82) is 0 Å². The fraction of sp³-hybridized carbons (Fsp3) is 0.680. The number of pyridine rings is 1. The van der Waals surface area contributed by atoms with Crippen molar-refractivity contribution in [1.82, 2.24) is 10.3 Å². The number of methoxy groups -OCH3 is 1. The molecule has 0 radical (unpaired) electrons. The van der Waals surface area contributed by atoms with Gasteiger partial charge in [-0.15, -0.1) is 0 Å². The Morgan fingerprint density at radius 2 is 1.97 bits per heavy atom. The third-order valence-electron chi connectivity index (χ3n) is 9.36. The molecule has 6 atom stereocenters. The largest absolute Gasteiger partial charge is 0.495 e. The standard InChI is InChI=1S/C25H34N2O2/c1-24-10-11-27-23(28)13-17(24)4-5-19-21-7-6-20(25(21,2)9-8-22(19)24)16-12-18(29-3)15-26-14-16/h12-15,19-22H,4-11H2,1-3H3,(H,27,28). The van der Waals surface area contributed by atoms with Gasteiger partial charge in [-0.3, -0.25) is 9.78 Å². The summed E-state index contributed by atoms with van der Waals surface area (Å²) in [7, 11) is 1.73. The third-order valence-corrected chi connectivity index (χ3v) is 9.36. The minimum absolute atomic E-state index is 0.120. The zero-order chi connectivity index (χ0) is 20.2. The van der Waals surface area contributed by atoms with E-state index in [0.29, 0.717) is 11.3 Å². The van der Waals surface area contributed by atoms with E-state index in [9.17, 15) is 4.79 Å². The number of amides is 1. The molecule has 1 aromatic rings. The van der Waals surface area contributed by atoms with Crippen LogP contribution < -0.4 is 10.1 Å². The van der Waals surface area contributed by atoms with Crippen LogP contribution in [0.3, 0.4) is 0 Å². The van der Waals surface area contributed by atoms with Crippen molar-refractivity contribution < 1.29 is 9.53 Å². The van der Waals surface area contributed by atoms with Crippen molar-refractivity contribution in [3.05, 3.63) is 35.7 Å². The molecule has 1 aromatic heterocycles. The molecular weight excluding hydrogens is 360 g/mol. The molecule has 0 bridgehead atoms. The molecule has 3 saturated carbocycles. The van der Waals surface area contributed by atoms with Gasteiger partial charge in [-0.1, -0.05) is 19.4 Å². The number of fused-ring (bicyclic) bond motifs is 5. The lowest BCUT2D eigenvalue weighted by Crippen LogP contribution is -2.49. The number of aromatic nitrogens is 1. The van der Waals surface area contributed by atoms with E-state index in [0.717, 1.165) is 42.9 Å². The second kappa shape index (κ2) is 6.85. The van der Waals surface area contributed by atoms with Crippen molar-refractivity contribution in [3.8, 4) is 5.75 Å². The van der Waals surface area contributed by atoms with Gasteiger partial charge in [-0.25, -0.2) is 0 Å². The first-order chi connectivity index (χ1) is 14.0. The lowest BCUT2D eigenvalue weighted by Gasteiger charge is -2.57. The number of ether oxygens (including phenoxy) is 1. The van der Waals surface area contributed by atoms with Crippen LogP contribution in [0.2, 0.25) is 0 Å². The fourth-order valence-corrected chi connectivity index (χ4v) is 7.85. The first-order valence-corrected chi connectivity index (χ1v) is 11.4. The Labute approximate surface area is 174 Å². The molecule has 3 aliphatic carbocycles. The van der Waals surface area contributed by atoms with E-state index in [1.807, 2.05) is 12.3 Å². The minimum atomic E-state index is 0.120. The molecule has 3 fully saturated rings. The topological polar surface area (TPSA) is 51.2 Å². The number of rotatable bonds is 2. The number of carbonyl (C=O) groups is 1. The summed E-state index contributed by atoms with van der Waals surface area (Å²) in [5.41, 5.74) is 3.33. The van der Waals surface area contributed by atoms with Gasteiger partial charge in [0.15, 0.2) is 0 Å². The lowest BCUT2D eigenvalue weighted by atomic mass is 9.47. The number of carbonyl (C=O) groups excluding carboxylic acids is 1. The van der Waals surface area contributed by atoms with Crippen LogP contribution in [0.25, 0.3) is 0 Å². The van der Waals surface area contributed by atoms with Crippen LogP contribution in [0.5, 0.6) is 5.75 Å². The van der Waals surface area contributed by atoms with E-state index < -0.39 is 0 Å². The molecule has 29 heavy (non-hydrogen) atoms. The summed E-state index contributed by atoms with van der Waals surface area (Å²) in [5, 5.41) is 3.08. The molecule has 1 aliphatic heterocycles. The molecule has 4 nitrogen and oxygen atoms in total. The van der Waals surface area contributed by atoms with Crippen molar-refractivity contribution in [2.75, 3.05) is 13.7 Å². The number of nitrogens with zero attached hydrogens (tertiary/aromatic N) is 1. The average molecular weight is 395 g/mol. The van der Waals surface area contributed by atoms with Gasteiger partial charge in [0, 0.05) is 18.8 Å². The summed E-state index contributed by atoms with van der Waals surface area (Å²) < 4.78 is 5.46. The SMILES string of the molecule is COc1cncc(C2CCC3C4CCC5=CC(=O)NCCC5(C)C4CCC23C)c1. The van der Waals surface area contributed by atoms with E-state index in [4.69, 9.17) is 4.74 Å². The highest BCUT2D eigenvalue weighted by Crippen LogP contribution is 2.67. The molecule has 1 N–H and O–H groups in total. The summed E-state index contributed by atoms with van der Waals surface area (Å²) >= 11 is 0. The average Bonchev–Trinajstić information content (AvgIpc) is 2.99. The van der Waals surface area contributed by atoms with Gasteiger partial charge in [0.25, 0.3) is 0 Å². The Kier molecular flexibility index (Phi) is 4.52. The monoisotopic (exact) mass is 394 g/mol. The minimum Gasteiger partial charge on any atom is -0.495 e. The van der Waals surface area contributed by atoms with Crippen molar-refractivity contribution in [2.24, 2.45) is 28.6 Å². The summed E-state index contributed by atoms with van der Waals surface area (Å²) in [4.78, 5) is 16.6. The molecular formula is C25H34N2O2. The van der Waals surface area contributed by atoms with Gasteiger partial charge in [-0.2, -0.15) is 0 Å². The lowest BCUT2D eigenvalue weighted by molar-refractivity contribution is -0.116. The van der Waals surface area contributed by atoms with E-state index >= 15 is 0 Å². The molecule has 156 valence electrons. The number of nitrogens with one attached hydrogen (secondary N) is 1. The Morgan fingerprint density at radius 3 is 2.79 bits per heavy atom. The molecule has 0 spiro atoms. The maximum atomic E-state index is 12.1. The molecule has 6 unspecified atom stereocenters. The van der Waals surface area contributed by atoms with Gasteiger partial charge in [0.1, 0.15) is 5.75 Å². The van der Waals surface area contributed by atoms with E-state index in [1.54, 1.807) is 7.11 Å². The van der Waals surface area contributed by atoms with Gasteiger partial charge in [0.05, 0.1) is 13.3 Å². The zero-order valence-corrected chi connectivity index (χ0v) is 18.0. The van der Waals surface area contributed by atoms with E-state index in [-0.39, 0.29) is 11.3 Å². The Bertz CT molecular complexity index is 849. The number of allylic oxidation sites excluding steroid dienone is 1. The highest BCUT2D eigenvalue weighted by atomic mass is 16.5. The quantitative estimate of drug-likeness (QED) is 0.779. The van der Waals surface area contributed by atoms with Crippen molar-refractivity contribution in [2.45, 2.75) is 64.7 Å². The van der Waals surface area contributed by atoms with Gasteiger partial charge < -0.3 is 10.1 Å². The Balaban J connectivity index is 1.46. The second-order valence-corrected chi connectivity index (χ2v) is 10.4. The van der Waals surface area contributed by atoms with Crippen molar-refractivity contribution in [3.63, 3.8) is 0 Å². The fourth-order valence-electron chi connectivity index (χ4n) is 7.85. The zero-order valence-electron chi connectivity index (χ0n) is 18.0. The first-order valence-electron chi connectivity index (χ1n) is 11.4. The van der Waals surface area contributed by atoms with Gasteiger partial charge in [0.2, 0.25) is 5.91 Å². The van der Waals surface area contributed by atoms with Crippen LogP contribution >= 0.6 is 0 Å².